The van der Waals surface area contributed by atoms with Crippen LogP contribution in [-0.4, -0.2) is 42.3 Å². The predicted molar refractivity (Wildman–Crippen MR) is 122 cm³/mol. The molecule has 1 saturated heterocycles. The molecule has 0 aliphatic carbocycles. The van der Waals surface area contributed by atoms with E-state index in [-0.39, 0.29) is 16.8 Å². The highest BCUT2D eigenvalue weighted by molar-refractivity contribution is 7.89. The van der Waals surface area contributed by atoms with Gasteiger partial charge in [0, 0.05) is 47.6 Å². The summed E-state index contributed by atoms with van der Waals surface area (Å²) in [6, 6.07) is 11.6. The first-order valence-corrected chi connectivity index (χ1v) is 11.6. The van der Waals surface area contributed by atoms with Gasteiger partial charge in [0.25, 0.3) is 0 Å². The number of aromatic nitrogens is 1. The van der Waals surface area contributed by atoms with Crippen molar-refractivity contribution < 1.29 is 13.2 Å². The zero-order valence-electron chi connectivity index (χ0n) is 17.6. The van der Waals surface area contributed by atoms with E-state index in [1.54, 1.807) is 43.5 Å². The van der Waals surface area contributed by atoms with Crippen molar-refractivity contribution in [2.45, 2.75) is 37.2 Å². The Morgan fingerprint density at radius 2 is 1.97 bits per heavy atom. The molecule has 9 heteroatoms. The van der Waals surface area contributed by atoms with Gasteiger partial charge in [-0.05, 0) is 62.2 Å². The number of aryl methyl sites for hydroxylation is 1. The molecule has 4 rings (SSSR count). The maximum absolute atomic E-state index is 12.9. The molecule has 2 aromatic carbocycles. The Morgan fingerprint density at radius 3 is 2.68 bits per heavy atom. The summed E-state index contributed by atoms with van der Waals surface area (Å²) in [6.45, 7) is 4.47. The molecule has 0 saturated carbocycles. The molecule has 1 fully saturated rings. The Morgan fingerprint density at radius 1 is 1.19 bits per heavy atom. The molecule has 1 amide bonds. The lowest BCUT2D eigenvalue weighted by molar-refractivity contribution is -0.118. The van der Waals surface area contributed by atoms with Gasteiger partial charge in [0.05, 0.1) is 4.90 Å². The largest absolute Gasteiger partial charge is 0.399 e. The Labute approximate surface area is 181 Å². The molecular weight excluding hydrogens is 414 g/mol. The number of benzene rings is 2. The normalized spacial score (nSPS) is 18.4. The topological polar surface area (TPSA) is 123 Å². The van der Waals surface area contributed by atoms with Crippen LogP contribution in [0.3, 0.4) is 0 Å². The Bertz CT molecular complexity index is 1250. The van der Waals surface area contributed by atoms with Gasteiger partial charge in [-0.1, -0.05) is 6.07 Å². The van der Waals surface area contributed by atoms with Crippen LogP contribution in [-0.2, 0) is 14.8 Å². The van der Waals surface area contributed by atoms with Crippen molar-refractivity contribution in [2.24, 2.45) is 5.73 Å². The SMILES string of the molecule is Cc1ccc(N)cc1NC(=O)C(C)n1ccc2cc(S(=O)(=O)N3CC[C@@H](N)C3)ccc21. The lowest BCUT2D eigenvalue weighted by Crippen LogP contribution is -2.31. The van der Waals surface area contributed by atoms with Gasteiger partial charge in [-0.2, -0.15) is 4.31 Å². The lowest BCUT2D eigenvalue weighted by Gasteiger charge is -2.18. The average molecular weight is 442 g/mol. The molecule has 1 aliphatic rings. The van der Waals surface area contributed by atoms with Crippen molar-refractivity contribution in [1.82, 2.24) is 8.87 Å². The van der Waals surface area contributed by atoms with Crippen LogP contribution in [0.25, 0.3) is 10.9 Å². The predicted octanol–water partition coefficient (Wildman–Crippen LogP) is 2.45. The van der Waals surface area contributed by atoms with E-state index in [9.17, 15) is 13.2 Å². The Kier molecular flexibility index (Phi) is 5.50. The van der Waals surface area contributed by atoms with E-state index in [1.807, 2.05) is 23.6 Å². The van der Waals surface area contributed by atoms with Gasteiger partial charge in [0.15, 0.2) is 0 Å². The van der Waals surface area contributed by atoms with Gasteiger partial charge in [-0.3, -0.25) is 4.79 Å². The third-order valence-electron chi connectivity index (χ3n) is 5.83. The maximum atomic E-state index is 12.9. The number of nitrogens with two attached hydrogens (primary N) is 2. The Hall–Kier alpha value is -2.88. The van der Waals surface area contributed by atoms with Crippen LogP contribution >= 0.6 is 0 Å². The molecule has 1 aliphatic heterocycles. The number of nitrogens with zero attached hydrogens (tertiary/aromatic N) is 2. The lowest BCUT2D eigenvalue weighted by atomic mass is 10.1. The third-order valence-corrected chi connectivity index (χ3v) is 7.69. The summed E-state index contributed by atoms with van der Waals surface area (Å²) in [5.74, 6) is -0.186. The number of nitrogens with one attached hydrogen (secondary N) is 1. The summed E-state index contributed by atoms with van der Waals surface area (Å²) in [7, 11) is -3.59. The fraction of sp³-hybridized carbons (Fsp3) is 0.318. The van der Waals surface area contributed by atoms with Crippen molar-refractivity contribution in [3.8, 4) is 0 Å². The highest BCUT2D eigenvalue weighted by atomic mass is 32.2. The van der Waals surface area contributed by atoms with Gasteiger partial charge in [-0.15, -0.1) is 0 Å². The van der Waals surface area contributed by atoms with Crippen molar-refractivity contribution >= 4 is 38.2 Å². The molecule has 8 nitrogen and oxygen atoms in total. The Balaban J connectivity index is 1.59. The van der Waals surface area contributed by atoms with Gasteiger partial charge in [0.1, 0.15) is 6.04 Å². The van der Waals surface area contributed by atoms with Crippen LogP contribution in [0.15, 0.2) is 53.6 Å². The summed E-state index contributed by atoms with van der Waals surface area (Å²) >= 11 is 0. The second-order valence-corrected chi connectivity index (χ2v) is 10.0. The number of anilines is 2. The molecule has 0 spiro atoms. The molecule has 3 aromatic rings. The number of fused-ring (bicyclic) bond motifs is 1. The van der Waals surface area contributed by atoms with Crippen LogP contribution in [0, 0.1) is 6.92 Å². The minimum absolute atomic E-state index is 0.123. The molecule has 164 valence electrons. The van der Waals surface area contributed by atoms with E-state index < -0.39 is 16.1 Å². The van der Waals surface area contributed by atoms with Gasteiger partial charge in [0.2, 0.25) is 15.9 Å². The van der Waals surface area contributed by atoms with E-state index in [1.165, 1.54) is 4.31 Å². The number of hydrogen-bond donors (Lipinski definition) is 3. The first-order valence-electron chi connectivity index (χ1n) is 10.2. The summed E-state index contributed by atoms with van der Waals surface area (Å²) in [4.78, 5) is 13.1. The van der Waals surface area contributed by atoms with E-state index >= 15 is 0 Å². The number of carbonyl (C=O) groups is 1. The van der Waals surface area contributed by atoms with E-state index in [4.69, 9.17) is 11.5 Å². The number of nitrogen functional groups attached to an aromatic ring is 1. The minimum Gasteiger partial charge on any atom is -0.399 e. The molecule has 2 heterocycles. The van der Waals surface area contributed by atoms with Crippen LogP contribution in [0.1, 0.15) is 24.9 Å². The molecular formula is C22H27N5O3S. The van der Waals surface area contributed by atoms with Crippen LogP contribution in [0.4, 0.5) is 11.4 Å². The van der Waals surface area contributed by atoms with Crippen molar-refractivity contribution in [2.75, 3.05) is 24.1 Å². The smallest absolute Gasteiger partial charge is 0.247 e. The first kappa shape index (κ1) is 21.4. The standard InChI is InChI=1S/C22H27N5O3S/c1-14-3-4-17(23)12-20(14)25-22(28)15(2)27-10-7-16-11-19(5-6-21(16)27)31(29,30)26-9-8-18(24)13-26/h3-7,10-12,15,18H,8-9,13,23-24H2,1-2H3,(H,25,28)/t15?,18-/m1/s1. The van der Waals surface area contributed by atoms with Gasteiger partial charge < -0.3 is 21.4 Å². The molecule has 1 unspecified atom stereocenters. The number of sulfonamides is 1. The van der Waals surface area contributed by atoms with E-state index in [0.29, 0.717) is 30.9 Å². The van der Waals surface area contributed by atoms with Gasteiger partial charge >= 0.3 is 0 Å². The fourth-order valence-corrected chi connectivity index (χ4v) is 5.45. The third kappa shape index (κ3) is 4.04. The quantitative estimate of drug-likeness (QED) is 0.525. The second-order valence-electron chi connectivity index (χ2n) is 8.10. The zero-order valence-corrected chi connectivity index (χ0v) is 18.4. The number of hydrogen-bond acceptors (Lipinski definition) is 5. The number of amides is 1. The van der Waals surface area contributed by atoms with E-state index in [0.717, 1.165) is 16.5 Å². The molecule has 31 heavy (non-hydrogen) atoms. The number of carbonyl (C=O) groups excluding carboxylic acids is 1. The van der Waals surface area contributed by atoms with Crippen molar-refractivity contribution in [3.05, 3.63) is 54.2 Å². The highest BCUT2D eigenvalue weighted by Gasteiger charge is 2.31. The number of rotatable bonds is 5. The summed E-state index contributed by atoms with van der Waals surface area (Å²) in [6.07, 6.45) is 2.46. The van der Waals surface area contributed by atoms with Crippen LogP contribution < -0.4 is 16.8 Å². The summed E-state index contributed by atoms with van der Waals surface area (Å²) in [5, 5.41) is 3.68. The van der Waals surface area contributed by atoms with Crippen LogP contribution in [0.5, 0.6) is 0 Å². The van der Waals surface area contributed by atoms with Crippen LogP contribution in [0.2, 0.25) is 0 Å². The average Bonchev–Trinajstić information content (AvgIpc) is 3.36. The summed E-state index contributed by atoms with van der Waals surface area (Å²) in [5.41, 5.74) is 14.7. The fourth-order valence-electron chi connectivity index (χ4n) is 3.90. The summed E-state index contributed by atoms with van der Waals surface area (Å²) < 4.78 is 29.1. The van der Waals surface area contributed by atoms with Crippen molar-refractivity contribution in [3.63, 3.8) is 0 Å². The molecule has 1 aromatic heterocycles. The van der Waals surface area contributed by atoms with E-state index in [2.05, 4.69) is 5.32 Å². The second kappa shape index (κ2) is 7.99. The zero-order chi connectivity index (χ0) is 22.3. The monoisotopic (exact) mass is 441 g/mol. The molecule has 2 atom stereocenters. The minimum atomic E-state index is -3.59. The van der Waals surface area contributed by atoms with Crippen molar-refractivity contribution in [1.29, 1.82) is 0 Å². The molecule has 5 N–H and O–H groups in total. The first-order chi connectivity index (χ1) is 14.7. The molecule has 0 radical (unpaired) electrons. The maximum Gasteiger partial charge on any atom is 0.247 e. The highest BCUT2D eigenvalue weighted by Crippen LogP contribution is 2.27. The van der Waals surface area contributed by atoms with Gasteiger partial charge in [-0.25, -0.2) is 8.42 Å². The molecule has 0 bridgehead atoms.